The average Bonchev–Trinajstić information content (AvgIpc) is 3.40. The summed E-state index contributed by atoms with van der Waals surface area (Å²) in [6.07, 6.45) is 5.12. The van der Waals surface area contributed by atoms with Crippen molar-refractivity contribution in [2.75, 3.05) is 19.8 Å². The fourth-order valence-corrected chi connectivity index (χ4v) is 6.31. The third-order valence-electron chi connectivity index (χ3n) is 8.11. The zero-order valence-electron chi connectivity index (χ0n) is 24.6. The Hall–Kier alpha value is -3.16. The summed E-state index contributed by atoms with van der Waals surface area (Å²) in [5.74, 6) is -2.36. The largest absolute Gasteiger partial charge is 0.444 e. The standard InChI is InChI=1S/C29H39ClN4O8S/c1-4-28(2,3)42-27(38)31-22-14-17-41-16-6-5-8-19-18-29(19,32-24(35)23-9-7-15-34(23)25(22)36)26(37)33-43(39,40)21-12-10-20(30)11-13-21/h5,8,10-13,19,22-23H,4,6-7,9,14-18H2,1-3H3,(H,31,38)(H,32,35)(H,33,37). The van der Waals surface area contributed by atoms with Crippen LogP contribution in [0.25, 0.3) is 0 Å². The molecular weight excluding hydrogens is 600 g/mol. The molecule has 12 nitrogen and oxygen atoms in total. The van der Waals surface area contributed by atoms with Gasteiger partial charge in [0, 0.05) is 30.5 Å². The summed E-state index contributed by atoms with van der Waals surface area (Å²) < 4.78 is 39.2. The van der Waals surface area contributed by atoms with Crippen molar-refractivity contribution in [1.82, 2.24) is 20.3 Å². The Morgan fingerprint density at radius 3 is 2.60 bits per heavy atom. The zero-order chi connectivity index (χ0) is 31.4. The van der Waals surface area contributed by atoms with Gasteiger partial charge in [0.2, 0.25) is 11.8 Å². The third kappa shape index (κ3) is 7.87. The van der Waals surface area contributed by atoms with E-state index in [4.69, 9.17) is 21.1 Å². The van der Waals surface area contributed by atoms with E-state index in [9.17, 15) is 27.6 Å². The first kappa shape index (κ1) is 32.7. The van der Waals surface area contributed by atoms with E-state index in [1.165, 1.54) is 29.2 Å². The number of alkyl carbamates (subject to hydrolysis) is 1. The summed E-state index contributed by atoms with van der Waals surface area (Å²) in [5, 5.41) is 5.77. The molecule has 236 valence electrons. The number of rotatable bonds is 6. The molecule has 1 aromatic rings. The van der Waals surface area contributed by atoms with Gasteiger partial charge in [-0.3, -0.25) is 14.4 Å². The van der Waals surface area contributed by atoms with E-state index < -0.39 is 63.0 Å². The summed E-state index contributed by atoms with van der Waals surface area (Å²) in [6, 6.07) is 3.45. The first-order chi connectivity index (χ1) is 20.3. The van der Waals surface area contributed by atoms with Gasteiger partial charge in [0.05, 0.1) is 11.5 Å². The van der Waals surface area contributed by atoms with Gasteiger partial charge >= 0.3 is 6.09 Å². The lowest BCUT2D eigenvalue weighted by Crippen LogP contribution is -2.58. The van der Waals surface area contributed by atoms with Crippen LogP contribution in [-0.2, 0) is 33.9 Å². The second-order valence-electron chi connectivity index (χ2n) is 11.7. The summed E-state index contributed by atoms with van der Waals surface area (Å²) in [4.78, 5) is 54.8. The Morgan fingerprint density at radius 1 is 1.19 bits per heavy atom. The van der Waals surface area contributed by atoms with Crippen molar-refractivity contribution in [2.24, 2.45) is 5.92 Å². The Balaban J connectivity index is 1.55. The first-order valence-electron chi connectivity index (χ1n) is 14.5. The maximum atomic E-state index is 13.7. The van der Waals surface area contributed by atoms with Crippen LogP contribution in [0.5, 0.6) is 0 Å². The van der Waals surface area contributed by atoms with Gasteiger partial charge in [-0.05, 0) is 70.2 Å². The topological polar surface area (TPSA) is 160 Å². The molecule has 1 saturated carbocycles. The predicted molar refractivity (Wildman–Crippen MR) is 157 cm³/mol. The van der Waals surface area contributed by atoms with Crippen LogP contribution in [0.2, 0.25) is 5.02 Å². The molecular formula is C29H39ClN4O8S. The molecule has 0 aromatic heterocycles. The van der Waals surface area contributed by atoms with Gasteiger partial charge in [-0.2, -0.15) is 0 Å². The van der Waals surface area contributed by atoms with Gasteiger partial charge < -0.3 is 25.0 Å². The highest BCUT2D eigenvalue weighted by molar-refractivity contribution is 7.90. The maximum Gasteiger partial charge on any atom is 0.408 e. The van der Waals surface area contributed by atoms with Gasteiger partial charge in [-0.25, -0.2) is 17.9 Å². The van der Waals surface area contributed by atoms with Crippen LogP contribution >= 0.6 is 11.6 Å². The summed E-state index contributed by atoms with van der Waals surface area (Å²) in [7, 11) is -4.25. The van der Waals surface area contributed by atoms with Gasteiger partial charge in [0.1, 0.15) is 23.2 Å². The van der Waals surface area contributed by atoms with Crippen LogP contribution < -0.4 is 15.4 Å². The van der Waals surface area contributed by atoms with Gasteiger partial charge in [-0.15, -0.1) is 0 Å². The summed E-state index contributed by atoms with van der Waals surface area (Å²) >= 11 is 5.87. The SMILES string of the molecule is CCC(C)(C)OC(=O)NC1CCOCCC=CC2CC2(C(=O)NS(=O)(=O)c2ccc(Cl)cc2)NC(=O)C2CCCN2C1=O. The van der Waals surface area contributed by atoms with Crippen LogP contribution in [-0.4, -0.2) is 80.1 Å². The lowest BCUT2D eigenvalue weighted by Gasteiger charge is -2.31. The smallest absolute Gasteiger partial charge is 0.408 e. The average molecular weight is 639 g/mol. The molecule has 1 saturated heterocycles. The number of hydrogen-bond acceptors (Lipinski definition) is 8. The lowest BCUT2D eigenvalue weighted by molar-refractivity contribution is -0.141. The zero-order valence-corrected chi connectivity index (χ0v) is 26.1. The van der Waals surface area contributed by atoms with Crippen LogP contribution in [0, 0.1) is 5.92 Å². The summed E-state index contributed by atoms with van der Waals surface area (Å²) in [5.41, 5.74) is -2.25. The van der Waals surface area contributed by atoms with Crippen molar-refractivity contribution >= 4 is 45.4 Å². The number of carbonyl (C=O) groups excluding carboxylic acids is 4. The van der Waals surface area contributed by atoms with E-state index in [-0.39, 0.29) is 30.9 Å². The normalized spacial score (nSPS) is 26.7. The van der Waals surface area contributed by atoms with E-state index >= 15 is 0 Å². The van der Waals surface area contributed by atoms with Gasteiger partial charge in [0.15, 0.2) is 0 Å². The molecule has 2 heterocycles. The number of hydrogen-bond donors (Lipinski definition) is 3. The van der Waals surface area contributed by atoms with Crippen LogP contribution in [0.4, 0.5) is 4.79 Å². The van der Waals surface area contributed by atoms with Crippen molar-refractivity contribution in [3.05, 3.63) is 41.4 Å². The van der Waals surface area contributed by atoms with Gasteiger partial charge in [-0.1, -0.05) is 30.7 Å². The Labute approximate surface area is 256 Å². The number of benzene rings is 1. The fraction of sp³-hybridized carbons (Fsp3) is 0.586. The number of halogens is 1. The minimum absolute atomic E-state index is 0.151. The number of nitrogens with one attached hydrogen (secondary N) is 3. The molecule has 0 radical (unpaired) electrons. The van der Waals surface area contributed by atoms with Crippen LogP contribution in [0.3, 0.4) is 0 Å². The highest BCUT2D eigenvalue weighted by atomic mass is 35.5. The minimum atomic E-state index is -4.25. The number of nitrogens with zero attached hydrogens (tertiary/aromatic N) is 1. The highest BCUT2D eigenvalue weighted by Crippen LogP contribution is 2.45. The fourth-order valence-electron chi connectivity index (χ4n) is 5.14. The lowest BCUT2D eigenvalue weighted by atomic mass is 10.1. The van der Waals surface area contributed by atoms with Crippen molar-refractivity contribution in [1.29, 1.82) is 0 Å². The molecule has 4 unspecified atom stereocenters. The van der Waals surface area contributed by atoms with Crippen LogP contribution in [0.1, 0.15) is 59.3 Å². The molecule has 2 fully saturated rings. The van der Waals surface area contributed by atoms with E-state index in [1.807, 2.05) is 13.0 Å². The van der Waals surface area contributed by atoms with Crippen molar-refractivity contribution in [2.45, 2.75) is 87.4 Å². The number of sulfonamides is 1. The Kier molecular flexibility index (Phi) is 10.1. The molecule has 0 bridgehead atoms. The minimum Gasteiger partial charge on any atom is -0.444 e. The second-order valence-corrected chi connectivity index (χ2v) is 13.8. The number of fused-ring (bicyclic) bond motifs is 2. The Morgan fingerprint density at radius 2 is 1.91 bits per heavy atom. The number of amides is 4. The molecule has 14 heteroatoms. The van der Waals surface area contributed by atoms with Gasteiger partial charge in [0.25, 0.3) is 15.9 Å². The molecule has 4 atom stereocenters. The van der Waals surface area contributed by atoms with E-state index in [1.54, 1.807) is 19.9 Å². The number of carbonyl (C=O) groups is 4. The second kappa shape index (κ2) is 13.2. The quantitative estimate of drug-likeness (QED) is 0.401. The first-order valence-corrected chi connectivity index (χ1v) is 16.3. The monoisotopic (exact) mass is 638 g/mol. The highest BCUT2D eigenvalue weighted by Gasteiger charge is 2.61. The maximum absolute atomic E-state index is 13.7. The molecule has 0 spiro atoms. The Bertz CT molecular complexity index is 1370. The van der Waals surface area contributed by atoms with Crippen molar-refractivity contribution < 1.29 is 37.1 Å². The summed E-state index contributed by atoms with van der Waals surface area (Å²) in [6.45, 7) is 6.19. The molecule has 4 amide bonds. The van der Waals surface area contributed by atoms with Crippen molar-refractivity contribution in [3.63, 3.8) is 0 Å². The van der Waals surface area contributed by atoms with Crippen LogP contribution in [0.15, 0.2) is 41.3 Å². The molecule has 4 rings (SSSR count). The van der Waals surface area contributed by atoms with E-state index in [2.05, 4.69) is 15.4 Å². The molecule has 1 aliphatic carbocycles. The molecule has 3 aliphatic rings. The molecule has 1 aromatic carbocycles. The predicted octanol–water partition coefficient (Wildman–Crippen LogP) is 2.66. The molecule has 2 aliphatic heterocycles. The number of ether oxygens (including phenoxy) is 2. The third-order valence-corrected chi connectivity index (χ3v) is 9.71. The van der Waals surface area contributed by atoms with E-state index in [0.29, 0.717) is 37.3 Å². The molecule has 43 heavy (non-hydrogen) atoms. The van der Waals surface area contributed by atoms with E-state index in [0.717, 1.165) is 0 Å². The molecule has 3 N–H and O–H groups in total. The van der Waals surface area contributed by atoms with Crippen molar-refractivity contribution in [3.8, 4) is 0 Å².